The molecule has 0 atom stereocenters. The van der Waals surface area contributed by atoms with Crippen molar-refractivity contribution in [3.63, 3.8) is 0 Å². The predicted octanol–water partition coefficient (Wildman–Crippen LogP) is 1.67. The van der Waals surface area contributed by atoms with Crippen LogP contribution in [0.25, 0.3) is 0 Å². The number of benzene rings is 1. The molecule has 0 bridgehead atoms. The Hall–Kier alpha value is -1.92. The van der Waals surface area contributed by atoms with Gasteiger partial charge in [-0.05, 0) is 30.2 Å². The molecule has 1 heterocycles. The lowest BCUT2D eigenvalue weighted by Crippen LogP contribution is -2.28. The monoisotopic (exact) mass is 291 g/mol. The van der Waals surface area contributed by atoms with Crippen LogP contribution >= 0.6 is 0 Å². The molecule has 6 heteroatoms. The number of nitrogens with zero attached hydrogens (tertiary/aromatic N) is 2. The molecule has 0 aliphatic heterocycles. The van der Waals surface area contributed by atoms with Gasteiger partial charge in [-0.25, -0.2) is 4.98 Å². The van der Waals surface area contributed by atoms with E-state index in [9.17, 15) is 8.42 Å². The highest BCUT2D eigenvalue weighted by atomic mass is 32.2. The number of aryl methyl sites for hydroxylation is 1. The zero-order valence-corrected chi connectivity index (χ0v) is 12.3. The highest BCUT2D eigenvalue weighted by molar-refractivity contribution is 7.92. The lowest BCUT2D eigenvalue weighted by atomic mass is 10.2. The molecule has 2 rings (SSSR count). The summed E-state index contributed by atoms with van der Waals surface area (Å²) in [6.07, 6.45) is 1.48. The molecule has 2 aromatic rings. The van der Waals surface area contributed by atoms with Crippen molar-refractivity contribution in [2.45, 2.75) is 18.5 Å². The smallest absolute Gasteiger partial charge is 0.281 e. The van der Waals surface area contributed by atoms with Crippen molar-refractivity contribution in [3.05, 3.63) is 53.7 Å². The summed E-state index contributed by atoms with van der Waals surface area (Å²) in [5, 5.41) is 0.0143. The van der Waals surface area contributed by atoms with Crippen LogP contribution in [0.2, 0.25) is 0 Å². The molecular weight excluding hydrogens is 274 g/mol. The SMILES string of the molecule is Cc1ccccc1N(C)S(=O)(=O)c1ccc(CN)cn1. The van der Waals surface area contributed by atoms with Gasteiger partial charge in [-0.1, -0.05) is 24.3 Å². The van der Waals surface area contributed by atoms with Crippen LogP contribution in [0.3, 0.4) is 0 Å². The second-order valence-electron chi connectivity index (χ2n) is 4.47. The molecule has 0 radical (unpaired) electrons. The lowest BCUT2D eigenvalue weighted by Gasteiger charge is -2.20. The minimum atomic E-state index is -3.66. The molecule has 5 nitrogen and oxygen atoms in total. The summed E-state index contributed by atoms with van der Waals surface area (Å²) in [5.74, 6) is 0. The Kier molecular flexibility index (Phi) is 4.06. The molecule has 0 aliphatic carbocycles. The standard InChI is InChI=1S/C14H17N3O2S/c1-11-5-3-4-6-13(11)17(2)20(18,19)14-8-7-12(9-15)10-16-14/h3-8,10H,9,15H2,1-2H3. The maximum absolute atomic E-state index is 12.5. The lowest BCUT2D eigenvalue weighted by molar-refractivity contribution is 0.590. The third-order valence-electron chi connectivity index (χ3n) is 3.11. The maximum atomic E-state index is 12.5. The van der Waals surface area contributed by atoms with E-state index in [1.807, 2.05) is 19.1 Å². The summed E-state index contributed by atoms with van der Waals surface area (Å²) in [5.41, 5.74) is 7.80. The number of nitrogens with two attached hydrogens (primary N) is 1. The number of aromatic nitrogens is 1. The summed E-state index contributed by atoms with van der Waals surface area (Å²) >= 11 is 0. The first-order chi connectivity index (χ1) is 9.46. The van der Waals surface area contributed by atoms with Gasteiger partial charge in [0.2, 0.25) is 0 Å². The van der Waals surface area contributed by atoms with E-state index in [0.717, 1.165) is 11.1 Å². The fraction of sp³-hybridized carbons (Fsp3) is 0.214. The summed E-state index contributed by atoms with van der Waals surface area (Å²) in [7, 11) is -2.13. The van der Waals surface area contributed by atoms with Crippen LogP contribution in [0, 0.1) is 6.92 Å². The minimum absolute atomic E-state index is 0.0143. The van der Waals surface area contributed by atoms with E-state index < -0.39 is 10.0 Å². The Labute approximate surface area is 119 Å². The maximum Gasteiger partial charge on any atom is 0.281 e. The number of hydrogen-bond acceptors (Lipinski definition) is 4. The van der Waals surface area contributed by atoms with Crippen LogP contribution in [0.5, 0.6) is 0 Å². The van der Waals surface area contributed by atoms with Crippen molar-refractivity contribution in [1.29, 1.82) is 0 Å². The molecule has 0 saturated carbocycles. The summed E-state index contributed by atoms with van der Waals surface area (Å²) in [4.78, 5) is 3.99. The highest BCUT2D eigenvalue weighted by Gasteiger charge is 2.23. The summed E-state index contributed by atoms with van der Waals surface area (Å²) in [6.45, 7) is 2.20. The van der Waals surface area contributed by atoms with Crippen LogP contribution in [-0.2, 0) is 16.6 Å². The first-order valence-corrected chi connectivity index (χ1v) is 7.60. The Morgan fingerprint density at radius 1 is 1.20 bits per heavy atom. The molecule has 0 spiro atoms. The second kappa shape index (κ2) is 5.60. The molecule has 0 aliphatic rings. The van der Waals surface area contributed by atoms with E-state index in [1.54, 1.807) is 18.2 Å². The predicted molar refractivity (Wildman–Crippen MR) is 78.9 cm³/mol. The molecule has 0 amide bonds. The molecular formula is C14H17N3O2S. The molecule has 20 heavy (non-hydrogen) atoms. The van der Waals surface area contributed by atoms with E-state index in [0.29, 0.717) is 12.2 Å². The highest BCUT2D eigenvalue weighted by Crippen LogP contribution is 2.23. The molecule has 1 aromatic heterocycles. The van der Waals surface area contributed by atoms with Crippen molar-refractivity contribution in [3.8, 4) is 0 Å². The number of rotatable bonds is 4. The summed E-state index contributed by atoms with van der Waals surface area (Å²) in [6, 6.07) is 10.5. The third kappa shape index (κ3) is 2.66. The van der Waals surface area contributed by atoms with Gasteiger partial charge in [0.1, 0.15) is 0 Å². The van der Waals surface area contributed by atoms with Gasteiger partial charge >= 0.3 is 0 Å². The molecule has 0 unspecified atom stereocenters. The van der Waals surface area contributed by atoms with Gasteiger partial charge in [-0.2, -0.15) is 8.42 Å². The third-order valence-corrected chi connectivity index (χ3v) is 4.80. The first kappa shape index (κ1) is 14.5. The number of hydrogen-bond donors (Lipinski definition) is 1. The van der Waals surface area contributed by atoms with Crippen LogP contribution in [0.4, 0.5) is 5.69 Å². The van der Waals surface area contributed by atoms with Gasteiger partial charge in [-0.3, -0.25) is 4.31 Å². The van der Waals surface area contributed by atoms with E-state index in [1.165, 1.54) is 23.6 Å². The fourth-order valence-electron chi connectivity index (χ4n) is 1.87. The van der Waals surface area contributed by atoms with Gasteiger partial charge in [0.25, 0.3) is 10.0 Å². The van der Waals surface area contributed by atoms with Gasteiger partial charge in [0, 0.05) is 19.8 Å². The number of anilines is 1. The minimum Gasteiger partial charge on any atom is -0.326 e. The molecule has 1 aromatic carbocycles. The Bertz CT molecular complexity index is 697. The van der Waals surface area contributed by atoms with Crippen LogP contribution in [0.1, 0.15) is 11.1 Å². The number of para-hydroxylation sites is 1. The number of pyridine rings is 1. The van der Waals surface area contributed by atoms with Crippen molar-refractivity contribution in [2.24, 2.45) is 5.73 Å². The van der Waals surface area contributed by atoms with Crippen molar-refractivity contribution in [2.75, 3.05) is 11.4 Å². The van der Waals surface area contributed by atoms with E-state index in [2.05, 4.69) is 4.98 Å². The molecule has 0 saturated heterocycles. The average Bonchev–Trinajstić information content (AvgIpc) is 2.47. The first-order valence-electron chi connectivity index (χ1n) is 6.16. The fourth-order valence-corrected chi connectivity index (χ4v) is 3.04. The average molecular weight is 291 g/mol. The topological polar surface area (TPSA) is 76.3 Å². The van der Waals surface area contributed by atoms with Crippen molar-refractivity contribution < 1.29 is 8.42 Å². The van der Waals surface area contributed by atoms with Gasteiger partial charge in [0.05, 0.1) is 5.69 Å². The van der Waals surface area contributed by atoms with E-state index >= 15 is 0 Å². The van der Waals surface area contributed by atoms with Crippen LogP contribution in [0.15, 0.2) is 47.6 Å². The normalized spacial score (nSPS) is 11.3. The quantitative estimate of drug-likeness (QED) is 0.929. The van der Waals surface area contributed by atoms with Crippen molar-refractivity contribution in [1.82, 2.24) is 4.98 Å². The Morgan fingerprint density at radius 2 is 1.90 bits per heavy atom. The second-order valence-corrected chi connectivity index (χ2v) is 6.38. The Balaban J connectivity index is 2.41. The Morgan fingerprint density at radius 3 is 2.45 bits per heavy atom. The zero-order chi connectivity index (χ0) is 14.8. The zero-order valence-electron chi connectivity index (χ0n) is 11.4. The number of sulfonamides is 1. The van der Waals surface area contributed by atoms with Crippen LogP contribution in [-0.4, -0.2) is 20.4 Å². The van der Waals surface area contributed by atoms with Gasteiger partial charge < -0.3 is 5.73 Å². The molecule has 0 fully saturated rings. The van der Waals surface area contributed by atoms with E-state index in [-0.39, 0.29) is 5.03 Å². The van der Waals surface area contributed by atoms with E-state index in [4.69, 9.17) is 5.73 Å². The van der Waals surface area contributed by atoms with Crippen LogP contribution < -0.4 is 10.0 Å². The largest absolute Gasteiger partial charge is 0.326 e. The van der Waals surface area contributed by atoms with Crippen molar-refractivity contribution >= 4 is 15.7 Å². The molecule has 106 valence electrons. The summed E-state index contributed by atoms with van der Waals surface area (Å²) < 4.78 is 26.3. The van der Waals surface area contributed by atoms with Gasteiger partial charge in [-0.15, -0.1) is 0 Å². The van der Waals surface area contributed by atoms with Gasteiger partial charge in [0.15, 0.2) is 5.03 Å². The molecule has 2 N–H and O–H groups in total.